The lowest BCUT2D eigenvalue weighted by atomic mass is 10.1. The zero-order valence-electron chi connectivity index (χ0n) is 11.2. The molecule has 2 aromatic rings. The van der Waals surface area contributed by atoms with E-state index in [0.29, 0.717) is 15.8 Å². The van der Waals surface area contributed by atoms with Gasteiger partial charge in [-0.1, -0.05) is 47.5 Å². The maximum absolute atomic E-state index is 6.19. The molecule has 4 heteroatoms. The van der Waals surface area contributed by atoms with E-state index in [2.05, 4.69) is 0 Å². The average Bonchev–Trinajstić information content (AvgIpc) is 2.46. The molecule has 0 atom stereocenters. The van der Waals surface area contributed by atoms with Gasteiger partial charge in [-0.3, -0.25) is 0 Å². The number of hydrogen-bond donors (Lipinski definition) is 0. The van der Waals surface area contributed by atoms with Crippen LogP contribution in [-0.4, -0.2) is 14.2 Å². The molecule has 0 spiro atoms. The topological polar surface area (TPSA) is 18.5 Å². The van der Waals surface area contributed by atoms with Crippen LogP contribution >= 0.6 is 23.2 Å². The first-order valence-electron chi connectivity index (χ1n) is 5.99. The van der Waals surface area contributed by atoms with Crippen LogP contribution in [0.15, 0.2) is 36.4 Å². The van der Waals surface area contributed by atoms with E-state index >= 15 is 0 Å². The van der Waals surface area contributed by atoms with Crippen LogP contribution in [0.5, 0.6) is 11.5 Å². The van der Waals surface area contributed by atoms with E-state index in [9.17, 15) is 0 Å². The number of hydrogen-bond acceptors (Lipinski definition) is 2. The molecule has 0 radical (unpaired) electrons. The smallest absolute Gasteiger partial charge is 0.121 e. The number of methoxy groups -OCH3 is 2. The molecule has 0 N–H and O–H groups in total. The molecule has 20 heavy (non-hydrogen) atoms. The summed E-state index contributed by atoms with van der Waals surface area (Å²) >= 11 is 12.4. The first kappa shape index (κ1) is 14.8. The van der Waals surface area contributed by atoms with Crippen molar-refractivity contribution in [3.63, 3.8) is 0 Å². The maximum atomic E-state index is 6.19. The van der Waals surface area contributed by atoms with Gasteiger partial charge in [-0.25, -0.2) is 0 Å². The summed E-state index contributed by atoms with van der Waals surface area (Å²) in [5.74, 6) is 1.46. The van der Waals surface area contributed by atoms with E-state index in [1.54, 1.807) is 26.4 Å². The summed E-state index contributed by atoms with van der Waals surface area (Å²) in [5, 5.41) is 1.11. The summed E-state index contributed by atoms with van der Waals surface area (Å²) in [4.78, 5) is 0. The van der Waals surface area contributed by atoms with Gasteiger partial charge < -0.3 is 9.47 Å². The predicted octanol–water partition coefficient (Wildman–Crippen LogP) is 5.18. The standard InChI is InChI=1S/C16H14Cl2O2/c1-19-12-6-3-11(4-7-12)5-8-14-15(17)9-13(20-2)10-16(14)18/h3-10H,1-2H3/b8-5+. The van der Waals surface area contributed by atoms with Gasteiger partial charge in [-0.05, 0) is 29.8 Å². The fraction of sp³-hybridized carbons (Fsp3) is 0.125. The highest BCUT2D eigenvalue weighted by Gasteiger charge is 2.05. The lowest BCUT2D eigenvalue weighted by Gasteiger charge is -2.06. The number of ether oxygens (including phenoxy) is 2. The molecular formula is C16H14Cl2O2. The first-order chi connectivity index (χ1) is 9.63. The highest BCUT2D eigenvalue weighted by Crippen LogP contribution is 2.31. The molecule has 0 saturated heterocycles. The van der Waals surface area contributed by atoms with E-state index in [1.165, 1.54) is 0 Å². The maximum Gasteiger partial charge on any atom is 0.121 e. The van der Waals surface area contributed by atoms with Crippen molar-refractivity contribution >= 4 is 35.4 Å². The van der Waals surface area contributed by atoms with E-state index in [-0.39, 0.29) is 0 Å². The summed E-state index contributed by atoms with van der Waals surface area (Å²) < 4.78 is 10.2. The zero-order chi connectivity index (χ0) is 14.5. The summed E-state index contributed by atoms with van der Waals surface area (Å²) in [6.45, 7) is 0. The van der Waals surface area contributed by atoms with Gasteiger partial charge in [0.1, 0.15) is 11.5 Å². The molecule has 0 aliphatic heterocycles. The lowest BCUT2D eigenvalue weighted by Crippen LogP contribution is -1.85. The summed E-state index contributed by atoms with van der Waals surface area (Å²) in [6.07, 6.45) is 3.82. The monoisotopic (exact) mass is 308 g/mol. The van der Waals surface area contributed by atoms with Crippen molar-refractivity contribution in [3.05, 3.63) is 57.6 Å². The Kier molecular flexibility index (Phi) is 4.94. The number of benzene rings is 2. The Morgan fingerprint density at radius 2 is 1.35 bits per heavy atom. The van der Waals surface area contributed by atoms with Crippen molar-refractivity contribution in [1.29, 1.82) is 0 Å². The fourth-order valence-corrected chi connectivity index (χ4v) is 2.33. The lowest BCUT2D eigenvalue weighted by molar-refractivity contribution is 0.414. The van der Waals surface area contributed by atoms with Crippen molar-refractivity contribution in [2.75, 3.05) is 14.2 Å². The summed E-state index contributed by atoms with van der Waals surface area (Å²) in [5.41, 5.74) is 1.80. The molecular weight excluding hydrogens is 295 g/mol. The van der Waals surface area contributed by atoms with Crippen LogP contribution in [0.4, 0.5) is 0 Å². The van der Waals surface area contributed by atoms with E-state index in [4.69, 9.17) is 32.7 Å². The molecule has 0 amide bonds. The van der Waals surface area contributed by atoms with Gasteiger partial charge in [0.25, 0.3) is 0 Å². The van der Waals surface area contributed by atoms with E-state index < -0.39 is 0 Å². The highest BCUT2D eigenvalue weighted by molar-refractivity contribution is 6.37. The Morgan fingerprint density at radius 3 is 1.85 bits per heavy atom. The van der Waals surface area contributed by atoms with Crippen LogP contribution in [-0.2, 0) is 0 Å². The van der Waals surface area contributed by atoms with Gasteiger partial charge >= 0.3 is 0 Å². The molecule has 0 unspecified atom stereocenters. The highest BCUT2D eigenvalue weighted by atomic mass is 35.5. The number of rotatable bonds is 4. The molecule has 2 aromatic carbocycles. The van der Waals surface area contributed by atoms with Gasteiger partial charge in [-0.2, -0.15) is 0 Å². The zero-order valence-corrected chi connectivity index (χ0v) is 12.7. The fourth-order valence-electron chi connectivity index (χ4n) is 1.73. The third-order valence-electron chi connectivity index (χ3n) is 2.85. The van der Waals surface area contributed by atoms with Gasteiger partial charge in [0.15, 0.2) is 0 Å². The van der Waals surface area contributed by atoms with Crippen LogP contribution in [0.3, 0.4) is 0 Å². The van der Waals surface area contributed by atoms with Gasteiger partial charge in [0, 0.05) is 5.56 Å². The van der Waals surface area contributed by atoms with Crippen LogP contribution in [0.25, 0.3) is 12.2 Å². The minimum Gasteiger partial charge on any atom is -0.497 e. The van der Waals surface area contributed by atoms with Gasteiger partial charge in [0.2, 0.25) is 0 Å². The largest absolute Gasteiger partial charge is 0.497 e. The molecule has 104 valence electrons. The van der Waals surface area contributed by atoms with E-state index in [0.717, 1.165) is 16.9 Å². The quantitative estimate of drug-likeness (QED) is 0.724. The number of halogens is 2. The second-order valence-corrected chi connectivity index (χ2v) is 4.93. The molecule has 0 aromatic heterocycles. The molecule has 2 rings (SSSR count). The van der Waals surface area contributed by atoms with Gasteiger partial charge in [0.05, 0.1) is 24.3 Å². The van der Waals surface area contributed by atoms with Crippen molar-refractivity contribution in [2.45, 2.75) is 0 Å². The molecule has 0 saturated carbocycles. The summed E-state index contributed by atoms with van der Waals surface area (Å²) in [6, 6.07) is 11.2. The van der Waals surface area contributed by atoms with E-state index in [1.807, 2.05) is 36.4 Å². The van der Waals surface area contributed by atoms with Gasteiger partial charge in [-0.15, -0.1) is 0 Å². The molecule has 2 nitrogen and oxygen atoms in total. The van der Waals surface area contributed by atoms with Crippen molar-refractivity contribution < 1.29 is 9.47 Å². The van der Waals surface area contributed by atoms with Crippen molar-refractivity contribution in [3.8, 4) is 11.5 Å². The van der Waals surface area contributed by atoms with Crippen molar-refractivity contribution in [2.24, 2.45) is 0 Å². The average molecular weight is 309 g/mol. The predicted molar refractivity (Wildman–Crippen MR) is 84.9 cm³/mol. The van der Waals surface area contributed by atoms with Crippen molar-refractivity contribution in [1.82, 2.24) is 0 Å². The van der Waals surface area contributed by atoms with Crippen LogP contribution in [0.1, 0.15) is 11.1 Å². The second-order valence-electron chi connectivity index (χ2n) is 4.11. The molecule has 0 heterocycles. The molecule has 0 aliphatic rings. The Bertz CT molecular complexity index is 596. The third kappa shape index (κ3) is 3.47. The first-order valence-corrected chi connectivity index (χ1v) is 6.75. The Morgan fingerprint density at radius 1 is 0.800 bits per heavy atom. The van der Waals surface area contributed by atoms with Crippen LogP contribution in [0, 0.1) is 0 Å². The van der Waals surface area contributed by atoms with Crippen LogP contribution in [0.2, 0.25) is 10.0 Å². The molecule has 0 aliphatic carbocycles. The Labute approximate surface area is 128 Å². The Hall–Kier alpha value is -1.64. The molecule has 0 fully saturated rings. The Balaban J connectivity index is 2.26. The van der Waals surface area contributed by atoms with Crippen LogP contribution < -0.4 is 9.47 Å². The third-order valence-corrected chi connectivity index (χ3v) is 3.47. The minimum absolute atomic E-state index is 0.555. The normalized spacial score (nSPS) is 10.8. The minimum atomic E-state index is 0.555. The summed E-state index contributed by atoms with van der Waals surface area (Å²) in [7, 11) is 3.22. The second kappa shape index (κ2) is 6.69. The molecule has 0 bridgehead atoms. The SMILES string of the molecule is COc1ccc(/C=C/c2c(Cl)cc(OC)cc2Cl)cc1.